The normalized spacial score (nSPS) is 27.5. The van der Waals surface area contributed by atoms with E-state index in [1.165, 1.54) is 4.90 Å². The van der Waals surface area contributed by atoms with Crippen molar-refractivity contribution in [1.29, 1.82) is 0 Å². The maximum atomic E-state index is 12.7. The number of fused-ring (bicyclic) bond motifs is 5. The van der Waals surface area contributed by atoms with E-state index in [0.717, 1.165) is 17.1 Å². The zero-order valence-electron chi connectivity index (χ0n) is 17.8. The maximum Gasteiger partial charge on any atom is 0.233 e. The highest BCUT2D eigenvalue weighted by Gasteiger charge is 2.58. The molecule has 2 bridgehead atoms. The van der Waals surface area contributed by atoms with Crippen LogP contribution < -0.4 is 10.6 Å². The zero-order chi connectivity index (χ0) is 20.8. The highest BCUT2D eigenvalue weighted by Crippen LogP contribution is 2.52. The van der Waals surface area contributed by atoms with E-state index in [2.05, 4.69) is 58.9 Å². The van der Waals surface area contributed by atoms with Crippen molar-refractivity contribution in [1.82, 2.24) is 20.5 Å². The molecule has 0 spiro atoms. The van der Waals surface area contributed by atoms with Crippen molar-refractivity contribution >= 4 is 53.1 Å². The van der Waals surface area contributed by atoms with E-state index in [0.29, 0.717) is 25.6 Å². The number of allylic oxidation sites excluding steroid dienone is 2. The standard InChI is InChI=1S/C21H29N5O2S.HI/c1-21(2,3)19-25-14(11-29-19)10-24-20(22-4)23-7-8-26-17(27)15-12-5-6-13(9-12)16(15)18(26)28;/h5-6,11-13,15-16H,7-10H2,1-4H3,(H2,22,23,24);1H. The molecule has 4 rings (SSSR count). The number of carbonyl (C=O) groups excluding carboxylic acids is 2. The molecule has 2 heterocycles. The summed E-state index contributed by atoms with van der Waals surface area (Å²) in [6.07, 6.45) is 5.20. The summed E-state index contributed by atoms with van der Waals surface area (Å²) in [6.45, 7) is 7.88. The second-order valence-corrected chi connectivity index (χ2v) is 9.93. The Kier molecular flexibility index (Phi) is 6.91. The molecular weight excluding hydrogens is 513 g/mol. The minimum atomic E-state index is -0.128. The van der Waals surface area contributed by atoms with Gasteiger partial charge < -0.3 is 10.6 Å². The fourth-order valence-corrected chi connectivity index (χ4v) is 5.51. The number of nitrogens with zero attached hydrogens (tertiary/aromatic N) is 3. The lowest BCUT2D eigenvalue weighted by molar-refractivity contribution is -0.140. The van der Waals surface area contributed by atoms with Crippen LogP contribution in [0.15, 0.2) is 22.5 Å². The highest BCUT2D eigenvalue weighted by molar-refractivity contribution is 14.0. The lowest BCUT2D eigenvalue weighted by Crippen LogP contribution is -2.43. The molecule has 2 amide bonds. The molecule has 0 aromatic carbocycles. The number of rotatable bonds is 5. The molecular formula is C21H30IN5O2S. The Morgan fingerprint density at radius 3 is 2.37 bits per heavy atom. The monoisotopic (exact) mass is 543 g/mol. The SMILES string of the molecule is CN=C(NCCN1C(=O)C2C3C=CC(C3)C2C1=O)NCc1csc(C(C)(C)C)n1.I. The number of likely N-dealkylation sites (tertiary alicyclic amines) is 1. The van der Waals surface area contributed by atoms with Gasteiger partial charge in [0.2, 0.25) is 11.8 Å². The minimum absolute atomic E-state index is 0. The largest absolute Gasteiger partial charge is 0.355 e. The van der Waals surface area contributed by atoms with E-state index < -0.39 is 0 Å². The van der Waals surface area contributed by atoms with Crippen molar-refractivity contribution in [2.75, 3.05) is 20.1 Å². The highest BCUT2D eigenvalue weighted by atomic mass is 127. The van der Waals surface area contributed by atoms with Gasteiger partial charge in [-0.3, -0.25) is 19.5 Å². The zero-order valence-corrected chi connectivity index (χ0v) is 21.0. The average Bonchev–Trinajstić information content (AvgIpc) is 3.43. The van der Waals surface area contributed by atoms with Crippen LogP contribution in [0.5, 0.6) is 0 Å². The first-order chi connectivity index (χ1) is 13.8. The number of hydrogen-bond donors (Lipinski definition) is 2. The average molecular weight is 543 g/mol. The van der Waals surface area contributed by atoms with Gasteiger partial charge in [-0.05, 0) is 18.3 Å². The quantitative estimate of drug-likeness (QED) is 0.196. The molecule has 2 fully saturated rings. The number of nitrogens with one attached hydrogen (secondary N) is 2. The van der Waals surface area contributed by atoms with Crippen LogP contribution in [0.1, 0.15) is 37.9 Å². The van der Waals surface area contributed by atoms with Crippen LogP contribution in [0.3, 0.4) is 0 Å². The van der Waals surface area contributed by atoms with Crippen molar-refractivity contribution in [3.63, 3.8) is 0 Å². The van der Waals surface area contributed by atoms with E-state index in [9.17, 15) is 9.59 Å². The van der Waals surface area contributed by atoms with Crippen molar-refractivity contribution in [3.8, 4) is 0 Å². The van der Waals surface area contributed by atoms with Crippen molar-refractivity contribution < 1.29 is 9.59 Å². The number of hydrogen-bond acceptors (Lipinski definition) is 5. The molecule has 2 aliphatic carbocycles. The number of aliphatic imine (C=N–C) groups is 1. The number of carbonyl (C=O) groups is 2. The van der Waals surface area contributed by atoms with Crippen molar-refractivity contribution in [2.45, 2.75) is 39.2 Å². The molecule has 1 aromatic heterocycles. The van der Waals surface area contributed by atoms with Gasteiger partial charge in [-0.25, -0.2) is 4.98 Å². The van der Waals surface area contributed by atoms with Crippen LogP contribution in [0.2, 0.25) is 0 Å². The molecule has 4 unspecified atom stereocenters. The molecule has 7 nitrogen and oxygen atoms in total. The molecule has 3 aliphatic rings. The van der Waals surface area contributed by atoms with Gasteiger partial charge in [0.25, 0.3) is 0 Å². The maximum absolute atomic E-state index is 12.7. The number of halogens is 1. The van der Waals surface area contributed by atoms with Crippen LogP contribution in [0.4, 0.5) is 0 Å². The molecule has 1 aliphatic heterocycles. The first kappa shape index (κ1) is 23.2. The smallest absolute Gasteiger partial charge is 0.233 e. The molecule has 2 N–H and O–H groups in total. The van der Waals surface area contributed by atoms with Crippen molar-refractivity contribution in [2.24, 2.45) is 28.7 Å². The number of thiazole rings is 1. The second-order valence-electron chi connectivity index (χ2n) is 9.07. The predicted octanol–water partition coefficient (Wildman–Crippen LogP) is 2.53. The lowest BCUT2D eigenvalue weighted by atomic mass is 9.85. The summed E-state index contributed by atoms with van der Waals surface area (Å²) in [5, 5.41) is 9.62. The number of guanidine groups is 1. The summed E-state index contributed by atoms with van der Waals surface area (Å²) in [5.74, 6) is 0.886. The van der Waals surface area contributed by atoms with Gasteiger partial charge in [-0.1, -0.05) is 32.9 Å². The summed E-state index contributed by atoms with van der Waals surface area (Å²) in [4.78, 5) is 35.8. The summed E-state index contributed by atoms with van der Waals surface area (Å²) in [6, 6.07) is 0. The van der Waals surface area contributed by atoms with Crippen LogP contribution in [0.25, 0.3) is 0 Å². The fourth-order valence-electron chi connectivity index (χ4n) is 4.60. The van der Waals surface area contributed by atoms with Crippen molar-refractivity contribution in [3.05, 3.63) is 28.2 Å². The Balaban J connectivity index is 0.00000256. The van der Waals surface area contributed by atoms with Crippen LogP contribution in [-0.2, 0) is 21.5 Å². The number of imide groups is 1. The Morgan fingerprint density at radius 2 is 1.83 bits per heavy atom. The third-order valence-electron chi connectivity index (χ3n) is 6.04. The topological polar surface area (TPSA) is 86.7 Å². The third kappa shape index (κ3) is 4.28. The van der Waals surface area contributed by atoms with Gasteiger partial charge in [0, 0.05) is 30.9 Å². The molecule has 164 valence electrons. The third-order valence-corrected chi connectivity index (χ3v) is 7.36. The van der Waals surface area contributed by atoms with Gasteiger partial charge in [-0.2, -0.15) is 0 Å². The van der Waals surface area contributed by atoms with Crippen LogP contribution >= 0.6 is 35.3 Å². The van der Waals surface area contributed by atoms with E-state index >= 15 is 0 Å². The van der Waals surface area contributed by atoms with E-state index in [4.69, 9.17) is 0 Å². The Morgan fingerprint density at radius 1 is 1.20 bits per heavy atom. The molecule has 30 heavy (non-hydrogen) atoms. The molecule has 9 heteroatoms. The molecule has 0 radical (unpaired) electrons. The Hall–Kier alpha value is -1.49. The second kappa shape index (κ2) is 8.94. The van der Waals surface area contributed by atoms with Gasteiger partial charge in [0.05, 0.1) is 29.1 Å². The van der Waals surface area contributed by atoms with E-state index in [-0.39, 0.29) is 64.9 Å². The summed E-state index contributed by atoms with van der Waals surface area (Å²) in [7, 11) is 1.71. The summed E-state index contributed by atoms with van der Waals surface area (Å²) < 4.78 is 0. The van der Waals surface area contributed by atoms with Crippen LogP contribution in [-0.4, -0.2) is 47.8 Å². The Bertz CT molecular complexity index is 845. The molecule has 1 saturated heterocycles. The lowest BCUT2D eigenvalue weighted by Gasteiger charge is -2.18. The summed E-state index contributed by atoms with van der Waals surface area (Å²) >= 11 is 1.67. The molecule has 4 atom stereocenters. The number of aromatic nitrogens is 1. The summed E-state index contributed by atoms with van der Waals surface area (Å²) in [5.41, 5.74) is 1.02. The molecule has 1 aromatic rings. The fraction of sp³-hybridized carbons (Fsp3) is 0.619. The first-order valence-corrected chi connectivity index (χ1v) is 11.1. The van der Waals surface area contributed by atoms with E-state index in [1.54, 1.807) is 18.4 Å². The Labute approximate surface area is 198 Å². The predicted molar refractivity (Wildman–Crippen MR) is 129 cm³/mol. The van der Waals surface area contributed by atoms with Gasteiger partial charge in [-0.15, -0.1) is 35.3 Å². The van der Waals surface area contributed by atoms with Crippen LogP contribution in [0, 0.1) is 23.7 Å². The molecule has 1 saturated carbocycles. The number of amides is 2. The van der Waals surface area contributed by atoms with Gasteiger partial charge in [0.15, 0.2) is 5.96 Å². The minimum Gasteiger partial charge on any atom is -0.355 e. The van der Waals surface area contributed by atoms with Gasteiger partial charge >= 0.3 is 0 Å². The van der Waals surface area contributed by atoms with E-state index in [1.807, 2.05) is 0 Å². The first-order valence-electron chi connectivity index (χ1n) is 10.2. The van der Waals surface area contributed by atoms with Gasteiger partial charge in [0.1, 0.15) is 0 Å².